The molecule has 17 heavy (non-hydrogen) atoms. The van der Waals surface area contributed by atoms with Gasteiger partial charge in [-0.15, -0.1) is 0 Å². The Balaban J connectivity index is 3.15. The first-order valence-corrected chi connectivity index (χ1v) is 6.12. The lowest BCUT2D eigenvalue weighted by atomic mass is 10.3. The van der Waals surface area contributed by atoms with E-state index in [1.54, 1.807) is 0 Å². The van der Waals surface area contributed by atoms with Crippen molar-refractivity contribution in [3.05, 3.63) is 23.0 Å². The number of sulfonamides is 1. The van der Waals surface area contributed by atoms with Gasteiger partial charge >= 0.3 is 0 Å². The molecule has 0 aliphatic heterocycles. The summed E-state index contributed by atoms with van der Waals surface area (Å²) in [6.07, 6.45) is -2.88. The van der Waals surface area contributed by atoms with Gasteiger partial charge in [-0.25, -0.2) is 26.3 Å². The number of halogens is 4. The lowest BCUT2D eigenvalue weighted by molar-refractivity contribution is 0.153. The van der Waals surface area contributed by atoms with Crippen LogP contribution in [0.15, 0.2) is 17.0 Å². The van der Waals surface area contributed by atoms with E-state index in [2.05, 4.69) is 0 Å². The summed E-state index contributed by atoms with van der Waals surface area (Å²) in [5, 5.41) is -0.498. The van der Waals surface area contributed by atoms with E-state index in [9.17, 15) is 21.6 Å². The Labute approximate surface area is 101 Å². The Bertz CT molecular complexity index is 522. The third-order valence-corrected chi connectivity index (χ3v) is 3.43. The number of anilines is 1. The zero-order valence-electron chi connectivity index (χ0n) is 8.25. The van der Waals surface area contributed by atoms with E-state index in [4.69, 9.17) is 17.3 Å². The van der Waals surface area contributed by atoms with Gasteiger partial charge < -0.3 is 5.73 Å². The molecule has 0 bridgehead atoms. The van der Waals surface area contributed by atoms with Gasteiger partial charge in [-0.2, -0.15) is 0 Å². The maximum atomic E-state index is 13.4. The van der Waals surface area contributed by atoms with E-state index in [0.717, 1.165) is 12.1 Å². The first-order chi connectivity index (χ1) is 7.74. The van der Waals surface area contributed by atoms with Crippen molar-refractivity contribution in [2.75, 3.05) is 12.3 Å². The van der Waals surface area contributed by atoms with Crippen molar-refractivity contribution in [3.8, 4) is 0 Å². The van der Waals surface area contributed by atoms with Crippen LogP contribution in [0.1, 0.15) is 0 Å². The first kappa shape index (κ1) is 14.1. The summed E-state index contributed by atoms with van der Waals surface area (Å²) in [5.74, 6) is -1.23. The van der Waals surface area contributed by atoms with Crippen molar-refractivity contribution in [2.24, 2.45) is 0 Å². The molecule has 0 fully saturated rings. The normalized spacial score (nSPS) is 12.1. The van der Waals surface area contributed by atoms with Crippen LogP contribution in [0, 0.1) is 5.82 Å². The topological polar surface area (TPSA) is 72.2 Å². The zero-order valence-corrected chi connectivity index (χ0v) is 9.83. The summed E-state index contributed by atoms with van der Waals surface area (Å²) < 4.78 is 61.6. The molecule has 0 aliphatic carbocycles. The molecule has 0 spiro atoms. The molecule has 0 saturated carbocycles. The molecule has 0 aliphatic rings. The molecule has 1 aromatic rings. The van der Waals surface area contributed by atoms with Crippen LogP contribution < -0.4 is 10.5 Å². The molecule has 0 atom stereocenters. The Kier molecular flexibility index (Phi) is 4.23. The highest BCUT2D eigenvalue weighted by molar-refractivity contribution is 7.89. The molecule has 0 heterocycles. The Morgan fingerprint density at radius 2 is 2.00 bits per heavy atom. The number of nitrogen functional groups attached to an aromatic ring is 1. The maximum absolute atomic E-state index is 13.4. The van der Waals surface area contributed by atoms with Crippen molar-refractivity contribution < 1.29 is 21.6 Å². The fourth-order valence-electron chi connectivity index (χ4n) is 1.03. The fourth-order valence-corrected chi connectivity index (χ4v) is 2.45. The second kappa shape index (κ2) is 5.11. The van der Waals surface area contributed by atoms with Gasteiger partial charge in [0.15, 0.2) is 5.82 Å². The van der Waals surface area contributed by atoms with Crippen LogP contribution in [0.3, 0.4) is 0 Å². The molecular formula is C8H8ClF3N2O2S. The van der Waals surface area contributed by atoms with Crippen molar-refractivity contribution in [2.45, 2.75) is 11.3 Å². The third kappa shape index (κ3) is 3.48. The highest BCUT2D eigenvalue weighted by Gasteiger charge is 2.22. The van der Waals surface area contributed by atoms with Crippen LogP contribution in [0.2, 0.25) is 5.02 Å². The molecule has 1 aromatic carbocycles. The van der Waals surface area contributed by atoms with Crippen LogP contribution in [0.5, 0.6) is 0 Å². The molecule has 0 aromatic heterocycles. The average molecular weight is 289 g/mol. The summed E-state index contributed by atoms with van der Waals surface area (Å²) >= 11 is 5.39. The van der Waals surface area contributed by atoms with Crippen LogP contribution in [-0.4, -0.2) is 21.4 Å². The lowest BCUT2D eigenvalue weighted by Crippen LogP contribution is -2.29. The van der Waals surface area contributed by atoms with Crippen molar-refractivity contribution >= 4 is 27.3 Å². The van der Waals surface area contributed by atoms with Crippen molar-refractivity contribution in [3.63, 3.8) is 0 Å². The van der Waals surface area contributed by atoms with E-state index in [1.165, 1.54) is 4.72 Å². The molecular weight excluding hydrogens is 281 g/mol. The highest BCUT2D eigenvalue weighted by Crippen LogP contribution is 2.25. The quantitative estimate of drug-likeness (QED) is 0.827. The van der Waals surface area contributed by atoms with E-state index < -0.39 is 38.7 Å². The summed E-state index contributed by atoms with van der Waals surface area (Å²) in [7, 11) is -4.40. The number of rotatable bonds is 4. The van der Waals surface area contributed by atoms with Gasteiger partial charge in [-0.05, 0) is 12.1 Å². The summed E-state index contributed by atoms with van der Waals surface area (Å²) in [6.45, 7) is -1.12. The van der Waals surface area contributed by atoms with Crippen LogP contribution in [0.4, 0.5) is 18.9 Å². The molecule has 1 rings (SSSR count). The SMILES string of the molecule is Nc1cc(Cl)c(F)c(S(=O)(=O)NCC(F)F)c1. The predicted octanol–water partition coefficient (Wildman–Crippen LogP) is 1.60. The zero-order chi connectivity index (χ0) is 13.2. The van der Waals surface area contributed by atoms with E-state index >= 15 is 0 Å². The molecule has 0 saturated heterocycles. The molecule has 3 N–H and O–H groups in total. The summed E-state index contributed by atoms with van der Waals surface area (Å²) in [6, 6.07) is 1.82. The van der Waals surface area contributed by atoms with Crippen LogP contribution in [-0.2, 0) is 10.0 Å². The minimum absolute atomic E-state index is 0.0891. The van der Waals surface area contributed by atoms with Gasteiger partial charge in [-0.1, -0.05) is 11.6 Å². The van der Waals surface area contributed by atoms with Gasteiger partial charge in [0.25, 0.3) is 6.43 Å². The Morgan fingerprint density at radius 3 is 2.53 bits per heavy atom. The minimum Gasteiger partial charge on any atom is -0.399 e. The predicted molar refractivity (Wildman–Crippen MR) is 57.0 cm³/mol. The second-order valence-corrected chi connectivity index (χ2v) is 5.20. The molecule has 0 unspecified atom stereocenters. The van der Waals surface area contributed by atoms with Gasteiger partial charge in [0, 0.05) is 5.69 Å². The molecule has 96 valence electrons. The Morgan fingerprint density at radius 1 is 1.41 bits per heavy atom. The largest absolute Gasteiger partial charge is 0.399 e. The number of nitrogens with two attached hydrogens (primary N) is 1. The monoisotopic (exact) mass is 288 g/mol. The third-order valence-electron chi connectivity index (χ3n) is 1.73. The van der Waals surface area contributed by atoms with Crippen molar-refractivity contribution in [1.82, 2.24) is 4.72 Å². The fraction of sp³-hybridized carbons (Fsp3) is 0.250. The lowest BCUT2D eigenvalue weighted by Gasteiger charge is -2.09. The molecule has 0 radical (unpaired) electrons. The van der Waals surface area contributed by atoms with Gasteiger partial charge in [0.1, 0.15) is 4.90 Å². The molecule has 4 nitrogen and oxygen atoms in total. The number of nitrogens with one attached hydrogen (secondary N) is 1. The highest BCUT2D eigenvalue weighted by atomic mass is 35.5. The second-order valence-electron chi connectivity index (χ2n) is 3.06. The van der Waals surface area contributed by atoms with Gasteiger partial charge in [0.05, 0.1) is 11.6 Å². The van der Waals surface area contributed by atoms with Gasteiger partial charge in [0.2, 0.25) is 10.0 Å². The Hall–Kier alpha value is -0.990. The minimum atomic E-state index is -4.40. The average Bonchev–Trinajstić information content (AvgIpc) is 2.20. The van der Waals surface area contributed by atoms with E-state index in [-0.39, 0.29) is 5.69 Å². The number of hydrogen-bond acceptors (Lipinski definition) is 3. The van der Waals surface area contributed by atoms with E-state index in [1.807, 2.05) is 0 Å². The number of benzene rings is 1. The standard InChI is InChI=1S/C8H8ClF3N2O2S/c9-5-1-4(13)2-6(8(5)12)17(15,16)14-3-7(10)11/h1-2,7,14H,3,13H2. The van der Waals surface area contributed by atoms with Crippen molar-refractivity contribution in [1.29, 1.82) is 0 Å². The number of alkyl halides is 2. The first-order valence-electron chi connectivity index (χ1n) is 4.26. The smallest absolute Gasteiger partial charge is 0.251 e. The van der Waals surface area contributed by atoms with Gasteiger partial charge in [-0.3, -0.25) is 0 Å². The number of hydrogen-bond donors (Lipinski definition) is 2. The van der Waals surface area contributed by atoms with E-state index in [0.29, 0.717) is 0 Å². The molecule has 0 amide bonds. The summed E-state index contributed by atoms with van der Waals surface area (Å²) in [4.78, 5) is -0.858. The van der Waals surface area contributed by atoms with Crippen LogP contribution >= 0.6 is 11.6 Å². The van der Waals surface area contributed by atoms with Crippen LogP contribution in [0.25, 0.3) is 0 Å². The maximum Gasteiger partial charge on any atom is 0.251 e. The molecule has 9 heteroatoms. The summed E-state index contributed by atoms with van der Waals surface area (Å²) in [5.41, 5.74) is 5.20.